The van der Waals surface area contributed by atoms with Crippen molar-refractivity contribution in [2.24, 2.45) is 0 Å². The van der Waals surface area contributed by atoms with E-state index in [0.29, 0.717) is 11.8 Å². The van der Waals surface area contributed by atoms with Gasteiger partial charge in [0.2, 0.25) is 0 Å². The Morgan fingerprint density at radius 2 is 0.659 bits per heavy atom. The molecule has 6 heterocycles. The van der Waals surface area contributed by atoms with Gasteiger partial charge in [-0.3, -0.25) is 29.9 Å². The molecule has 0 atom stereocenters. The molecule has 0 saturated carbocycles. The van der Waals surface area contributed by atoms with Gasteiger partial charge in [-0.25, -0.2) is 0 Å². The average Bonchev–Trinajstić information content (AvgIpc) is 3.07. The summed E-state index contributed by atoms with van der Waals surface area (Å²) in [5, 5.41) is 0. The maximum Gasteiger partial charge on any atom is 2.00 e. The van der Waals surface area contributed by atoms with E-state index in [1.807, 2.05) is 97.1 Å². The van der Waals surface area contributed by atoms with Crippen LogP contribution >= 0.6 is 23.2 Å². The van der Waals surface area contributed by atoms with Crippen molar-refractivity contribution in [1.82, 2.24) is 29.9 Å². The first-order valence-electron chi connectivity index (χ1n) is 12.4. The largest absolute Gasteiger partial charge is 2.00 e. The summed E-state index contributed by atoms with van der Waals surface area (Å²) in [6, 6.07) is 30.8. The minimum absolute atomic E-state index is 0. The van der Waals surface area contributed by atoms with E-state index in [2.05, 4.69) is 29.9 Å². The Bertz CT molecular complexity index is 1370. The molecule has 6 nitrogen and oxygen atoms in total. The van der Waals surface area contributed by atoms with Crippen molar-refractivity contribution >= 4 is 23.2 Å². The zero-order valence-corrected chi connectivity index (χ0v) is 25.2. The van der Waals surface area contributed by atoms with E-state index >= 15 is 0 Å². The van der Waals surface area contributed by atoms with Crippen LogP contribution in [-0.2, 0) is 31.2 Å². The summed E-state index contributed by atoms with van der Waals surface area (Å²) in [4.78, 5) is 25.3. The second-order valence-electron chi connectivity index (χ2n) is 8.23. The van der Waals surface area contributed by atoms with Gasteiger partial charge in [0.15, 0.2) is 0 Å². The molecular weight excluding hydrogens is 640 g/mol. The molecule has 0 fully saturated rings. The van der Waals surface area contributed by atoms with Gasteiger partial charge in [-0.2, -0.15) is 0 Å². The summed E-state index contributed by atoms with van der Waals surface area (Å²) < 4.78 is 0. The van der Waals surface area contributed by atoms with E-state index < -0.39 is 0 Å². The molecule has 6 aromatic heterocycles. The molecular formula is C32H26Cl2N6Ru+2. The zero-order valence-electron chi connectivity index (χ0n) is 21.9. The normalized spacial score (nSPS) is 9.71. The van der Waals surface area contributed by atoms with Gasteiger partial charge in [0.1, 0.15) is 0 Å². The van der Waals surface area contributed by atoms with Gasteiger partial charge < -0.3 is 0 Å². The van der Waals surface area contributed by atoms with Gasteiger partial charge in [-0.05, 0) is 83.9 Å². The van der Waals surface area contributed by atoms with E-state index in [0.717, 1.165) is 45.3 Å². The van der Waals surface area contributed by atoms with E-state index in [9.17, 15) is 0 Å². The number of alkyl halides is 2. The number of aromatic nitrogens is 6. The van der Waals surface area contributed by atoms with E-state index in [-0.39, 0.29) is 19.5 Å². The van der Waals surface area contributed by atoms with Crippen LogP contribution in [0.15, 0.2) is 134 Å². The molecule has 0 spiro atoms. The molecule has 6 aromatic rings. The van der Waals surface area contributed by atoms with Gasteiger partial charge in [-0.15, -0.1) is 23.2 Å². The molecule has 0 radical (unpaired) electrons. The maximum absolute atomic E-state index is 5.78. The van der Waals surface area contributed by atoms with Gasteiger partial charge >= 0.3 is 19.5 Å². The third-order valence-electron chi connectivity index (χ3n) is 5.40. The first kappa shape index (κ1) is 31.6. The Hall–Kier alpha value is -3.90. The molecule has 9 heteroatoms. The second-order valence-corrected chi connectivity index (χ2v) is 8.76. The van der Waals surface area contributed by atoms with Crippen molar-refractivity contribution < 1.29 is 19.5 Å². The standard InChI is InChI=1S/C12H10Cl2N2.2C10H8N2.Ru/c13-7-9-1-3-15-11(5-9)12-6-10(8-14)2-4-16-12;2*1-3-7-11-9(5-1)10-6-2-4-8-12-10;/h1-6H,7-8H2;2*1-8H;/q;;;+2. The fraction of sp³-hybridized carbons (Fsp3) is 0.0625. The summed E-state index contributed by atoms with van der Waals surface area (Å²) in [6.45, 7) is 0. The first-order chi connectivity index (χ1) is 19.8. The molecule has 0 saturated heterocycles. The predicted octanol–water partition coefficient (Wildman–Crippen LogP) is 7.91. The van der Waals surface area contributed by atoms with Crippen LogP contribution in [0.3, 0.4) is 0 Å². The molecule has 6 rings (SSSR count). The molecule has 0 aliphatic rings. The molecule has 41 heavy (non-hydrogen) atoms. The molecule has 0 unspecified atom stereocenters. The molecule has 204 valence electrons. The van der Waals surface area contributed by atoms with Crippen molar-refractivity contribution in [2.75, 3.05) is 0 Å². The number of rotatable bonds is 5. The fourth-order valence-electron chi connectivity index (χ4n) is 3.45. The van der Waals surface area contributed by atoms with Crippen molar-refractivity contribution in [1.29, 1.82) is 0 Å². The topological polar surface area (TPSA) is 77.3 Å². The number of pyridine rings is 6. The molecule has 0 aliphatic carbocycles. The van der Waals surface area contributed by atoms with Gasteiger partial charge in [0, 0.05) is 48.9 Å². The van der Waals surface area contributed by atoms with Crippen LogP contribution in [0.4, 0.5) is 0 Å². The van der Waals surface area contributed by atoms with E-state index in [1.54, 1.807) is 37.2 Å². The smallest absolute Gasteiger partial charge is 0.255 e. The summed E-state index contributed by atoms with van der Waals surface area (Å²) in [6.07, 6.45) is 10.5. The predicted molar refractivity (Wildman–Crippen MR) is 162 cm³/mol. The van der Waals surface area contributed by atoms with Crippen molar-refractivity contribution in [3.05, 3.63) is 145 Å². The molecule has 0 aliphatic heterocycles. The van der Waals surface area contributed by atoms with Crippen LogP contribution in [0.25, 0.3) is 34.2 Å². The van der Waals surface area contributed by atoms with Gasteiger partial charge in [0.25, 0.3) is 0 Å². The summed E-state index contributed by atoms with van der Waals surface area (Å²) in [5.41, 5.74) is 7.37. The fourth-order valence-corrected chi connectivity index (χ4v) is 3.78. The average molecular weight is 667 g/mol. The van der Waals surface area contributed by atoms with Crippen molar-refractivity contribution in [2.45, 2.75) is 11.8 Å². The Labute approximate surface area is 262 Å². The number of hydrogen-bond donors (Lipinski definition) is 0. The van der Waals surface area contributed by atoms with Crippen LogP contribution < -0.4 is 0 Å². The van der Waals surface area contributed by atoms with Crippen LogP contribution in [0, 0.1) is 0 Å². The maximum atomic E-state index is 5.78. The third kappa shape index (κ3) is 10.2. The van der Waals surface area contributed by atoms with Gasteiger partial charge in [0.05, 0.1) is 34.2 Å². The minimum atomic E-state index is 0. The number of hydrogen-bond acceptors (Lipinski definition) is 6. The minimum Gasteiger partial charge on any atom is -0.255 e. The van der Waals surface area contributed by atoms with Crippen LogP contribution in [0.1, 0.15) is 11.1 Å². The van der Waals surface area contributed by atoms with Crippen molar-refractivity contribution in [3.8, 4) is 34.2 Å². The molecule has 0 N–H and O–H groups in total. The van der Waals surface area contributed by atoms with Crippen LogP contribution in [-0.4, -0.2) is 29.9 Å². The number of halogens is 2. The molecule has 0 aromatic carbocycles. The van der Waals surface area contributed by atoms with Crippen LogP contribution in [0.2, 0.25) is 0 Å². The molecule has 0 amide bonds. The van der Waals surface area contributed by atoms with Crippen molar-refractivity contribution in [3.63, 3.8) is 0 Å². The summed E-state index contributed by atoms with van der Waals surface area (Å²) in [5.74, 6) is 0.954. The Balaban J connectivity index is 0.000000169. The Morgan fingerprint density at radius 1 is 0.366 bits per heavy atom. The Kier molecular flexibility index (Phi) is 13.7. The second kappa shape index (κ2) is 17.7. The Morgan fingerprint density at radius 3 is 0.902 bits per heavy atom. The third-order valence-corrected chi connectivity index (χ3v) is 6.02. The van der Waals surface area contributed by atoms with Gasteiger partial charge in [-0.1, -0.05) is 24.3 Å². The first-order valence-corrected chi connectivity index (χ1v) is 13.5. The van der Waals surface area contributed by atoms with Crippen LogP contribution in [0.5, 0.6) is 0 Å². The zero-order chi connectivity index (χ0) is 27.8. The monoisotopic (exact) mass is 666 g/mol. The van der Waals surface area contributed by atoms with E-state index in [4.69, 9.17) is 23.2 Å². The quantitative estimate of drug-likeness (QED) is 0.138. The summed E-state index contributed by atoms with van der Waals surface area (Å²) >= 11 is 11.6. The number of nitrogens with zero attached hydrogens (tertiary/aromatic N) is 6. The van der Waals surface area contributed by atoms with E-state index in [1.165, 1.54) is 0 Å². The molecule has 0 bridgehead atoms. The summed E-state index contributed by atoms with van der Waals surface area (Å²) in [7, 11) is 0. The SMILES string of the molecule is ClCc1ccnc(-c2cc(CCl)ccn2)c1.[Ru+2].c1ccc(-c2ccccn2)nc1.c1ccc(-c2ccccn2)nc1.